The van der Waals surface area contributed by atoms with Crippen LogP contribution in [0, 0.1) is 0 Å². The van der Waals surface area contributed by atoms with E-state index in [4.69, 9.17) is 9.47 Å². The first kappa shape index (κ1) is 27.1. The molecule has 0 unspecified atom stereocenters. The van der Waals surface area contributed by atoms with Crippen molar-refractivity contribution in [3.63, 3.8) is 0 Å². The van der Waals surface area contributed by atoms with Gasteiger partial charge in [-0.05, 0) is 31.5 Å². The van der Waals surface area contributed by atoms with Gasteiger partial charge in [0.05, 0.1) is 25.6 Å². The molecule has 4 heterocycles. The molecular formula is C26H33N7O6. The number of carbonyl (C=O) groups excluding carboxylic acids is 2. The van der Waals surface area contributed by atoms with Gasteiger partial charge in [0.2, 0.25) is 5.91 Å². The van der Waals surface area contributed by atoms with E-state index >= 15 is 0 Å². The summed E-state index contributed by atoms with van der Waals surface area (Å²) in [7, 11) is 0. The Morgan fingerprint density at radius 2 is 1.85 bits per heavy atom. The number of nitrogens with one attached hydrogen (secondary N) is 2. The summed E-state index contributed by atoms with van der Waals surface area (Å²) in [4.78, 5) is 40.0. The number of carbonyl (C=O) groups is 2. The SMILES string of the molecule is O=C(CC[C@H]1O[C@@H](n2cnc3c(NC(=O)c4ccccc4)ncnc32)[C@H](O)[C@@H]1O)NCCCN1CCOCC1. The molecule has 13 heteroatoms. The van der Waals surface area contributed by atoms with Crippen LogP contribution in [0.3, 0.4) is 0 Å². The van der Waals surface area contributed by atoms with Gasteiger partial charge in [-0.2, -0.15) is 0 Å². The minimum Gasteiger partial charge on any atom is -0.388 e. The molecule has 0 bridgehead atoms. The molecule has 2 fully saturated rings. The third-order valence-corrected chi connectivity index (χ3v) is 6.97. The van der Waals surface area contributed by atoms with E-state index in [-0.39, 0.29) is 30.5 Å². The maximum absolute atomic E-state index is 12.6. The normalized spacial score (nSPS) is 23.6. The summed E-state index contributed by atoms with van der Waals surface area (Å²) in [6.07, 6.45) is -0.243. The van der Waals surface area contributed by atoms with Crippen LogP contribution >= 0.6 is 0 Å². The summed E-state index contributed by atoms with van der Waals surface area (Å²) >= 11 is 0. The number of benzene rings is 1. The number of morpholine rings is 1. The van der Waals surface area contributed by atoms with Crippen molar-refractivity contribution < 1.29 is 29.3 Å². The van der Waals surface area contributed by atoms with Crippen LogP contribution in [0.15, 0.2) is 43.0 Å². The second-order valence-corrected chi connectivity index (χ2v) is 9.61. The van der Waals surface area contributed by atoms with Gasteiger partial charge in [0.15, 0.2) is 23.2 Å². The van der Waals surface area contributed by atoms with E-state index in [0.29, 0.717) is 23.3 Å². The van der Waals surface area contributed by atoms with Gasteiger partial charge in [0.1, 0.15) is 18.5 Å². The highest BCUT2D eigenvalue weighted by molar-refractivity contribution is 6.06. The predicted octanol–water partition coefficient (Wildman–Crippen LogP) is 0.317. The second kappa shape index (κ2) is 12.6. The topological polar surface area (TPSA) is 164 Å². The Bertz CT molecular complexity index is 1270. The largest absolute Gasteiger partial charge is 0.388 e. The Kier molecular flexibility index (Phi) is 8.74. The molecule has 4 atom stereocenters. The lowest BCUT2D eigenvalue weighted by molar-refractivity contribution is -0.122. The molecule has 2 aliphatic rings. The van der Waals surface area contributed by atoms with Crippen molar-refractivity contribution in [3.05, 3.63) is 48.5 Å². The first-order valence-corrected chi connectivity index (χ1v) is 13.1. The molecule has 3 aromatic rings. The van der Waals surface area contributed by atoms with Gasteiger partial charge in [-0.25, -0.2) is 15.0 Å². The zero-order valence-electron chi connectivity index (χ0n) is 21.5. The van der Waals surface area contributed by atoms with E-state index in [0.717, 1.165) is 39.3 Å². The summed E-state index contributed by atoms with van der Waals surface area (Å²) in [5, 5.41) is 27.0. The molecular weight excluding hydrogens is 506 g/mol. The number of ether oxygens (including phenoxy) is 2. The van der Waals surface area contributed by atoms with E-state index in [1.165, 1.54) is 17.2 Å². The van der Waals surface area contributed by atoms with Crippen LogP contribution in [0.5, 0.6) is 0 Å². The van der Waals surface area contributed by atoms with Gasteiger partial charge in [-0.3, -0.25) is 19.1 Å². The number of hydrogen-bond donors (Lipinski definition) is 4. The van der Waals surface area contributed by atoms with Crippen molar-refractivity contribution in [2.75, 3.05) is 44.7 Å². The van der Waals surface area contributed by atoms with Crippen molar-refractivity contribution in [2.45, 2.75) is 43.8 Å². The third-order valence-electron chi connectivity index (χ3n) is 6.97. The summed E-state index contributed by atoms with van der Waals surface area (Å²) in [6.45, 7) is 4.79. The number of nitrogens with zero attached hydrogens (tertiary/aromatic N) is 5. The highest BCUT2D eigenvalue weighted by atomic mass is 16.6. The zero-order valence-corrected chi connectivity index (χ0v) is 21.5. The Morgan fingerprint density at radius 1 is 1.05 bits per heavy atom. The number of imidazole rings is 1. The molecule has 2 aromatic heterocycles. The number of aliphatic hydroxyl groups excluding tert-OH is 2. The number of aliphatic hydroxyl groups is 2. The molecule has 2 amide bonds. The Labute approximate surface area is 225 Å². The van der Waals surface area contributed by atoms with Crippen molar-refractivity contribution in [3.8, 4) is 0 Å². The lowest BCUT2D eigenvalue weighted by Gasteiger charge is -2.26. The number of hydrogen-bond acceptors (Lipinski definition) is 10. The quantitative estimate of drug-likeness (QED) is 0.264. The summed E-state index contributed by atoms with van der Waals surface area (Å²) in [5.41, 5.74) is 1.10. The molecule has 4 N–H and O–H groups in total. The van der Waals surface area contributed by atoms with Crippen LogP contribution in [0.25, 0.3) is 11.2 Å². The molecule has 1 aromatic carbocycles. The Hall–Kier alpha value is -3.49. The van der Waals surface area contributed by atoms with Crippen molar-refractivity contribution in [2.24, 2.45) is 0 Å². The van der Waals surface area contributed by atoms with Gasteiger partial charge >= 0.3 is 0 Å². The van der Waals surface area contributed by atoms with Gasteiger partial charge < -0.3 is 30.3 Å². The number of aromatic nitrogens is 4. The minimum absolute atomic E-state index is 0.134. The summed E-state index contributed by atoms with van der Waals surface area (Å²) in [6, 6.07) is 8.70. The van der Waals surface area contributed by atoms with Crippen LogP contribution < -0.4 is 10.6 Å². The summed E-state index contributed by atoms with van der Waals surface area (Å²) in [5.74, 6) is -0.273. The van der Waals surface area contributed by atoms with Gasteiger partial charge in [-0.1, -0.05) is 18.2 Å². The fourth-order valence-corrected chi connectivity index (χ4v) is 4.81. The zero-order chi connectivity index (χ0) is 27.2. The van der Waals surface area contributed by atoms with E-state index in [9.17, 15) is 19.8 Å². The maximum Gasteiger partial charge on any atom is 0.256 e. The first-order chi connectivity index (χ1) is 19.0. The molecule has 0 spiro atoms. The molecule has 5 rings (SSSR count). The van der Waals surface area contributed by atoms with Crippen LogP contribution in [0.1, 0.15) is 35.8 Å². The smallest absolute Gasteiger partial charge is 0.256 e. The average Bonchev–Trinajstić information content (AvgIpc) is 3.52. The molecule has 208 valence electrons. The number of anilines is 1. The average molecular weight is 540 g/mol. The molecule has 13 nitrogen and oxygen atoms in total. The van der Waals surface area contributed by atoms with Gasteiger partial charge in [0, 0.05) is 31.6 Å². The number of amides is 2. The fourth-order valence-electron chi connectivity index (χ4n) is 4.81. The lowest BCUT2D eigenvalue weighted by Crippen LogP contribution is -2.38. The number of fused-ring (bicyclic) bond motifs is 1. The molecule has 0 radical (unpaired) electrons. The maximum atomic E-state index is 12.6. The van der Waals surface area contributed by atoms with E-state index in [2.05, 4.69) is 30.5 Å². The van der Waals surface area contributed by atoms with E-state index in [1.54, 1.807) is 24.3 Å². The highest BCUT2D eigenvalue weighted by Crippen LogP contribution is 2.34. The van der Waals surface area contributed by atoms with E-state index < -0.39 is 24.5 Å². The van der Waals surface area contributed by atoms with Crippen molar-refractivity contribution in [1.29, 1.82) is 0 Å². The van der Waals surface area contributed by atoms with Crippen LogP contribution in [0.2, 0.25) is 0 Å². The van der Waals surface area contributed by atoms with Crippen LogP contribution in [-0.2, 0) is 14.3 Å². The van der Waals surface area contributed by atoms with E-state index in [1.807, 2.05) is 6.07 Å². The van der Waals surface area contributed by atoms with Crippen molar-refractivity contribution in [1.82, 2.24) is 29.7 Å². The van der Waals surface area contributed by atoms with Gasteiger partial charge in [0.25, 0.3) is 5.91 Å². The standard InChI is InChI=1S/C26H33N7O6/c34-19(27-9-4-10-32-11-13-38-14-12-32)8-7-18-21(35)22(36)26(39-18)33-16-30-20-23(28-15-29-24(20)33)31-25(37)17-5-2-1-3-6-17/h1-3,5-6,15-16,18,21-22,26,35-36H,4,7-14H2,(H,27,34)(H,28,29,31,37)/t18-,21-,22-,26-/m1/s1. The predicted molar refractivity (Wildman–Crippen MR) is 140 cm³/mol. The minimum atomic E-state index is -1.26. The Morgan fingerprint density at radius 3 is 2.64 bits per heavy atom. The van der Waals surface area contributed by atoms with Crippen molar-refractivity contribution >= 4 is 28.8 Å². The van der Waals surface area contributed by atoms with Crippen LogP contribution in [-0.4, -0.2) is 104 Å². The first-order valence-electron chi connectivity index (χ1n) is 13.1. The third kappa shape index (κ3) is 6.40. The number of rotatable bonds is 10. The molecule has 2 saturated heterocycles. The second-order valence-electron chi connectivity index (χ2n) is 9.61. The fraction of sp³-hybridized carbons (Fsp3) is 0.500. The highest BCUT2D eigenvalue weighted by Gasteiger charge is 2.44. The van der Waals surface area contributed by atoms with Crippen LogP contribution in [0.4, 0.5) is 5.82 Å². The van der Waals surface area contributed by atoms with Gasteiger partial charge in [-0.15, -0.1) is 0 Å². The molecule has 0 saturated carbocycles. The molecule has 39 heavy (non-hydrogen) atoms. The lowest BCUT2D eigenvalue weighted by atomic mass is 10.1. The Balaban J connectivity index is 1.16. The molecule has 0 aliphatic carbocycles. The molecule has 2 aliphatic heterocycles. The monoisotopic (exact) mass is 539 g/mol. The summed E-state index contributed by atoms with van der Waals surface area (Å²) < 4.78 is 12.8.